The van der Waals surface area contributed by atoms with Gasteiger partial charge in [0.2, 0.25) is 0 Å². The van der Waals surface area contributed by atoms with Crippen LogP contribution in [0.5, 0.6) is 11.5 Å². The van der Waals surface area contributed by atoms with E-state index in [1.165, 1.54) is 0 Å². The molecule has 0 saturated heterocycles. The van der Waals surface area contributed by atoms with E-state index in [-0.39, 0.29) is 0 Å². The maximum Gasteiger partial charge on any atom is 0.122 e. The van der Waals surface area contributed by atoms with Crippen molar-refractivity contribution >= 4 is 12.6 Å². The molecule has 84 valence electrons. The van der Waals surface area contributed by atoms with Crippen LogP contribution in [-0.4, -0.2) is 26.6 Å². The molecule has 0 fully saturated rings. The summed E-state index contributed by atoms with van der Waals surface area (Å²) in [5.41, 5.74) is 1.14. The van der Waals surface area contributed by atoms with Gasteiger partial charge in [0.15, 0.2) is 0 Å². The van der Waals surface area contributed by atoms with E-state index in [2.05, 4.69) is 17.9 Å². The maximum absolute atomic E-state index is 5.27. The number of benzene rings is 1. The number of hydrogen-bond acceptors (Lipinski definition) is 4. The highest BCUT2D eigenvalue weighted by molar-refractivity contribution is 7.80. The standard InChI is InChI=1S/C11H17NO2S/c1-13-10-3-4-11(14-2)9(7-10)5-6-12-8-15/h3-4,7,12,15H,5-6,8H2,1-2H3. The van der Waals surface area contributed by atoms with E-state index >= 15 is 0 Å². The predicted octanol–water partition coefficient (Wildman–Crippen LogP) is 1.72. The van der Waals surface area contributed by atoms with Crippen molar-refractivity contribution in [2.75, 3.05) is 26.6 Å². The quantitative estimate of drug-likeness (QED) is 0.441. The molecule has 1 rings (SSSR count). The third-order valence-corrected chi connectivity index (χ3v) is 2.39. The second-order valence-electron chi connectivity index (χ2n) is 3.09. The molecule has 1 N–H and O–H groups in total. The van der Waals surface area contributed by atoms with Crippen molar-refractivity contribution in [1.82, 2.24) is 5.32 Å². The first-order chi connectivity index (χ1) is 7.31. The van der Waals surface area contributed by atoms with Gasteiger partial charge in [-0.25, -0.2) is 0 Å². The average Bonchev–Trinajstić information content (AvgIpc) is 2.29. The molecule has 0 aliphatic carbocycles. The van der Waals surface area contributed by atoms with E-state index in [9.17, 15) is 0 Å². The molecule has 0 amide bonds. The van der Waals surface area contributed by atoms with Crippen LogP contribution in [-0.2, 0) is 6.42 Å². The Hall–Kier alpha value is -0.870. The van der Waals surface area contributed by atoms with Crippen LogP contribution >= 0.6 is 12.6 Å². The minimum atomic E-state index is 0.687. The highest BCUT2D eigenvalue weighted by Gasteiger charge is 2.04. The van der Waals surface area contributed by atoms with Gasteiger partial charge < -0.3 is 14.8 Å². The monoisotopic (exact) mass is 227 g/mol. The van der Waals surface area contributed by atoms with E-state index in [1.54, 1.807) is 14.2 Å². The molecule has 0 spiro atoms. The number of ether oxygens (including phenoxy) is 2. The Balaban J connectivity index is 2.72. The van der Waals surface area contributed by atoms with Gasteiger partial charge in [-0.15, -0.1) is 0 Å². The fourth-order valence-electron chi connectivity index (χ4n) is 1.38. The lowest BCUT2D eigenvalue weighted by Gasteiger charge is -2.10. The summed E-state index contributed by atoms with van der Waals surface area (Å²) in [6.45, 7) is 0.882. The summed E-state index contributed by atoms with van der Waals surface area (Å²) >= 11 is 4.09. The molecular formula is C11H17NO2S. The van der Waals surface area contributed by atoms with Crippen molar-refractivity contribution in [2.24, 2.45) is 0 Å². The molecule has 0 aliphatic rings. The Morgan fingerprint density at radius 2 is 2.07 bits per heavy atom. The number of methoxy groups -OCH3 is 2. The molecule has 1 aromatic rings. The molecule has 3 nitrogen and oxygen atoms in total. The van der Waals surface area contributed by atoms with Gasteiger partial charge in [0.1, 0.15) is 11.5 Å². The van der Waals surface area contributed by atoms with Crippen LogP contribution in [0.1, 0.15) is 5.56 Å². The minimum Gasteiger partial charge on any atom is -0.497 e. The Kier molecular flexibility index (Phi) is 5.36. The lowest BCUT2D eigenvalue weighted by atomic mass is 10.1. The Labute approximate surface area is 96.2 Å². The smallest absolute Gasteiger partial charge is 0.122 e. The zero-order valence-electron chi connectivity index (χ0n) is 9.12. The zero-order chi connectivity index (χ0) is 11.1. The number of nitrogens with one attached hydrogen (secondary N) is 1. The van der Waals surface area contributed by atoms with Crippen LogP contribution < -0.4 is 14.8 Å². The lowest BCUT2D eigenvalue weighted by molar-refractivity contribution is 0.398. The van der Waals surface area contributed by atoms with E-state index in [4.69, 9.17) is 9.47 Å². The molecule has 15 heavy (non-hydrogen) atoms. The molecule has 1 aromatic carbocycles. The fourth-order valence-corrected chi connectivity index (χ4v) is 1.54. The normalized spacial score (nSPS) is 10.1. The Bertz CT molecular complexity index is 305. The van der Waals surface area contributed by atoms with Crippen molar-refractivity contribution in [3.05, 3.63) is 23.8 Å². The van der Waals surface area contributed by atoms with Gasteiger partial charge in [0.05, 0.1) is 14.2 Å². The first-order valence-electron chi connectivity index (χ1n) is 4.84. The largest absolute Gasteiger partial charge is 0.497 e. The van der Waals surface area contributed by atoms with Gasteiger partial charge in [-0.05, 0) is 30.2 Å². The first kappa shape index (κ1) is 12.2. The highest BCUT2D eigenvalue weighted by atomic mass is 32.1. The summed E-state index contributed by atoms with van der Waals surface area (Å²) < 4.78 is 10.4. The van der Waals surface area contributed by atoms with E-state index in [0.717, 1.165) is 30.0 Å². The van der Waals surface area contributed by atoms with Gasteiger partial charge in [0, 0.05) is 12.4 Å². The summed E-state index contributed by atoms with van der Waals surface area (Å²) in [6, 6.07) is 5.82. The van der Waals surface area contributed by atoms with Crippen LogP contribution in [0.4, 0.5) is 0 Å². The maximum atomic E-state index is 5.27. The van der Waals surface area contributed by atoms with E-state index < -0.39 is 0 Å². The minimum absolute atomic E-state index is 0.687. The van der Waals surface area contributed by atoms with Crippen molar-refractivity contribution in [1.29, 1.82) is 0 Å². The van der Waals surface area contributed by atoms with Gasteiger partial charge in [-0.2, -0.15) is 12.6 Å². The zero-order valence-corrected chi connectivity index (χ0v) is 10.0. The molecule has 0 heterocycles. The summed E-state index contributed by atoms with van der Waals surface area (Å²) in [6.07, 6.45) is 0.904. The van der Waals surface area contributed by atoms with Crippen LogP contribution in [0.2, 0.25) is 0 Å². The third kappa shape index (κ3) is 3.64. The molecule has 4 heteroatoms. The van der Waals surface area contributed by atoms with Crippen molar-refractivity contribution < 1.29 is 9.47 Å². The topological polar surface area (TPSA) is 30.5 Å². The first-order valence-corrected chi connectivity index (χ1v) is 5.47. The van der Waals surface area contributed by atoms with Gasteiger partial charge in [-0.3, -0.25) is 0 Å². The lowest BCUT2D eigenvalue weighted by Crippen LogP contribution is -2.15. The molecule has 0 saturated carbocycles. The fraction of sp³-hybridized carbons (Fsp3) is 0.455. The third-order valence-electron chi connectivity index (χ3n) is 2.17. The number of rotatable bonds is 6. The van der Waals surface area contributed by atoms with Crippen molar-refractivity contribution in [3.8, 4) is 11.5 Å². The molecular weight excluding hydrogens is 210 g/mol. The summed E-state index contributed by atoms with van der Waals surface area (Å²) in [5.74, 6) is 2.44. The second kappa shape index (κ2) is 6.58. The Morgan fingerprint density at radius 1 is 1.27 bits per heavy atom. The summed E-state index contributed by atoms with van der Waals surface area (Å²) in [7, 11) is 3.34. The number of hydrogen-bond donors (Lipinski definition) is 2. The van der Waals surface area contributed by atoms with Crippen LogP contribution in [0, 0.1) is 0 Å². The second-order valence-corrected chi connectivity index (χ2v) is 3.40. The molecule has 0 unspecified atom stereocenters. The summed E-state index contributed by atoms with van der Waals surface area (Å²) in [5, 5.41) is 3.15. The number of thiol groups is 1. The van der Waals surface area contributed by atoms with Gasteiger partial charge in [0.25, 0.3) is 0 Å². The SMILES string of the molecule is COc1ccc(OC)c(CCNCS)c1. The molecule has 0 aromatic heterocycles. The summed E-state index contributed by atoms with van der Waals surface area (Å²) in [4.78, 5) is 0. The average molecular weight is 227 g/mol. The van der Waals surface area contributed by atoms with Crippen LogP contribution in [0.15, 0.2) is 18.2 Å². The van der Waals surface area contributed by atoms with Crippen LogP contribution in [0.25, 0.3) is 0 Å². The van der Waals surface area contributed by atoms with E-state index in [0.29, 0.717) is 5.88 Å². The van der Waals surface area contributed by atoms with Crippen molar-refractivity contribution in [3.63, 3.8) is 0 Å². The molecule has 0 bridgehead atoms. The molecule has 0 aliphatic heterocycles. The Morgan fingerprint density at radius 3 is 2.67 bits per heavy atom. The molecule has 0 atom stereocenters. The van der Waals surface area contributed by atoms with E-state index in [1.807, 2.05) is 18.2 Å². The van der Waals surface area contributed by atoms with Crippen LogP contribution in [0.3, 0.4) is 0 Å². The van der Waals surface area contributed by atoms with Gasteiger partial charge in [-0.1, -0.05) is 0 Å². The molecule has 0 radical (unpaired) electrons. The van der Waals surface area contributed by atoms with Gasteiger partial charge >= 0.3 is 0 Å². The predicted molar refractivity (Wildman–Crippen MR) is 65.1 cm³/mol. The highest BCUT2D eigenvalue weighted by Crippen LogP contribution is 2.23. The van der Waals surface area contributed by atoms with Crippen molar-refractivity contribution in [2.45, 2.75) is 6.42 Å².